The van der Waals surface area contributed by atoms with Crippen molar-refractivity contribution in [2.75, 3.05) is 43.4 Å². The van der Waals surface area contributed by atoms with Gasteiger partial charge in [-0.05, 0) is 62.1 Å². The van der Waals surface area contributed by atoms with E-state index in [1.54, 1.807) is 11.3 Å². The maximum absolute atomic E-state index is 13.0. The van der Waals surface area contributed by atoms with Crippen LogP contribution in [0.1, 0.15) is 43.6 Å². The van der Waals surface area contributed by atoms with Crippen LogP contribution in [0, 0.1) is 0 Å². The van der Waals surface area contributed by atoms with Crippen molar-refractivity contribution in [2.24, 2.45) is 0 Å². The summed E-state index contributed by atoms with van der Waals surface area (Å²) < 4.78 is 6.40. The van der Waals surface area contributed by atoms with Gasteiger partial charge >= 0.3 is 0 Å². The number of carbonyl (C=O) groups excluding carboxylic acids is 2. The number of nitrogens with zero attached hydrogens (tertiary/aromatic N) is 2. The predicted octanol–water partition coefficient (Wildman–Crippen LogP) is 5.32. The minimum absolute atomic E-state index is 0.0630. The summed E-state index contributed by atoms with van der Waals surface area (Å²) in [6, 6.07) is 21.8. The molecule has 7 nitrogen and oxygen atoms in total. The highest BCUT2D eigenvalue weighted by Crippen LogP contribution is 2.32. The van der Waals surface area contributed by atoms with Gasteiger partial charge in [-0.3, -0.25) is 14.5 Å². The van der Waals surface area contributed by atoms with Crippen LogP contribution in [0.15, 0.2) is 72.1 Å². The molecule has 1 aromatic heterocycles. The molecule has 1 aliphatic rings. The Labute approximate surface area is 229 Å². The first-order chi connectivity index (χ1) is 18.6. The second-order valence-corrected chi connectivity index (χ2v) is 10.5. The van der Waals surface area contributed by atoms with Gasteiger partial charge < -0.3 is 20.3 Å². The summed E-state index contributed by atoms with van der Waals surface area (Å²) >= 11 is 1.68. The topological polar surface area (TPSA) is 73.9 Å². The third-order valence-corrected chi connectivity index (χ3v) is 7.81. The lowest BCUT2D eigenvalue weighted by molar-refractivity contribution is -0.120. The fourth-order valence-electron chi connectivity index (χ4n) is 4.88. The van der Waals surface area contributed by atoms with Gasteiger partial charge in [0.15, 0.2) is 0 Å². The zero-order valence-corrected chi connectivity index (χ0v) is 23.1. The molecule has 0 saturated carbocycles. The molecule has 2 amide bonds. The Hall–Kier alpha value is -3.20. The zero-order chi connectivity index (χ0) is 26.7. The van der Waals surface area contributed by atoms with Gasteiger partial charge in [0.25, 0.3) is 0 Å². The number of hydrogen-bond acceptors (Lipinski definition) is 6. The van der Waals surface area contributed by atoms with E-state index in [9.17, 15) is 9.59 Å². The molecule has 202 valence electrons. The minimum Gasteiger partial charge on any atom is -0.483 e. The van der Waals surface area contributed by atoms with Gasteiger partial charge in [0.2, 0.25) is 11.8 Å². The largest absolute Gasteiger partial charge is 0.483 e. The van der Waals surface area contributed by atoms with E-state index in [-0.39, 0.29) is 24.0 Å². The summed E-state index contributed by atoms with van der Waals surface area (Å²) in [6.07, 6.45) is 2.89. The van der Waals surface area contributed by atoms with Crippen LogP contribution in [-0.4, -0.2) is 56.0 Å². The number of ether oxygens (including phenoxy) is 1. The number of carbonyl (C=O) groups is 2. The van der Waals surface area contributed by atoms with Crippen molar-refractivity contribution in [1.29, 1.82) is 0 Å². The standard InChI is InChI=1S/C30H38N4O3S/c1-3-30(36)34(23-10-5-4-6-11-23)24-16-19-33(20-17-24)22-29(35)32-25-12-7-8-13-26(25)37-27(15-18-31-2)28-14-9-21-38-28/h4-14,21,24,27,31H,3,15-20,22H2,1-2H3,(H,32,35)/t27-/m1/s1. The molecule has 0 spiro atoms. The van der Waals surface area contributed by atoms with E-state index < -0.39 is 0 Å². The third kappa shape index (κ3) is 7.43. The Morgan fingerprint density at radius 2 is 1.79 bits per heavy atom. The lowest BCUT2D eigenvalue weighted by Gasteiger charge is -2.38. The molecular formula is C30H38N4O3S. The summed E-state index contributed by atoms with van der Waals surface area (Å²) in [5, 5.41) is 8.32. The summed E-state index contributed by atoms with van der Waals surface area (Å²) in [5.41, 5.74) is 1.63. The highest BCUT2D eigenvalue weighted by atomic mass is 32.1. The second kappa shape index (κ2) is 14.1. The maximum atomic E-state index is 13.0. The van der Waals surface area contributed by atoms with E-state index in [4.69, 9.17) is 4.74 Å². The second-order valence-electron chi connectivity index (χ2n) is 9.52. The van der Waals surface area contributed by atoms with Crippen molar-refractivity contribution in [3.8, 4) is 5.75 Å². The van der Waals surface area contributed by atoms with Gasteiger partial charge in [-0.25, -0.2) is 0 Å². The van der Waals surface area contributed by atoms with Crippen molar-refractivity contribution in [3.05, 3.63) is 77.0 Å². The Balaban J connectivity index is 1.34. The molecule has 3 aromatic rings. The molecule has 1 atom stereocenters. The smallest absolute Gasteiger partial charge is 0.238 e. The van der Waals surface area contributed by atoms with Gasteiger partial charge in [-0.15, -0.1) is 11.3 Å². The Morgan fingerprint density at radius 3 is 2.47 bits per heavy atom. The number of hydrogen-bond donors (Lipinski definition) is 2. The SMILES string of the molecule is CCC(=O)N(c1ccccc1)C1CCN(CC(=O)Nc2ccccc2O[C@H](CCNC)c2cccs2)CC1. The van der Waals surface area contributed by atoms with Crippen LogP contribution < -0.4 is 20.3 Å². The van der Waals surface area contributed by atoms with E-state index in [1.165, 1.54) is 0 Å². The maximum Gasteiger partial charge on any atom is 0.238 e. The summed E-state index contributed by atoms with van der Waals surface area (Å²) in [7, 11) is 1.93. The molecule has 0 aliphatic carbocycles. The lowest BCUT2D eigenvalue weighted by Crippen LogP contribution is -2.48. The number of benzene rings is 2. The lowest BCUT2D eigenvalue weighted by atomic mass is 10.0. The van der Waals surface area contributed by atoms with Crippen molar-refractivity contribution in [1.82, 2.24) is 10.2 Å². The first-order valence-corrected chi connectivity index (χ1v) is 14.3. The Kier molecular flexibility index (Phi) is 10.3. The molecule has 38 heavy (non-hydrogen) atoms. The number of rotatable bonds is 12. The fraction of sp³-hybridized carbons (Fsp3) is 0.400. The zero-order valence-electron chi connectivity index (χ0n) is 22.3. The van der Waals surface area contributed by atoms with Gasteiger partial charge in [-0.2, -0.15) is 0 Å². The van der Waals surface area contributed by atoms with Crippen molar-refractivity contribution >= 4 is 34.5 Å². The Morgan fingerprint density at radius 1 is 1.05 bits per heavy atom. The molecule has 1 fully saturated rings. The van der Waals surface area contributed by atoms with Gasteiger partial charge in [-0.1, -0.05) is 43.3 Å². The van der Waals surface area contributed by atoms with Gasteiger partial charge in [0.05, 0.1) is 12.2 Å². The summed E-state index contributed by atoms with van der Waals surface area (Å²) in [6.45, 7) is 4.57. The van der Waals surface area contributed by atoms with Crippen molar-refractivity contribution < 1.29 is 14.3 Å². The minimum atomic E-state index is -0.0853. The molecule has 8 heteroatoms. The molecule has 2 N–H and O–H groups in total. The van der Waals surface area contributed by atoms with Crippen molar-refractivity contribution in [3.63, 3.8) is 0 Å². The van der Waals surface area contributed by atoms with Crippen LogP contribution in [0.25, 0.3) is 0 Å². The molecule has 0 radical (unpaired) electrons. The van der Waals surface area contributed by atoms with E-state index >= 15 is 0 Å². The van der Waals surface area contributed by atoms with Crippen LogP contribution in [0.3, 0.4) is 0 Å². The van der Waals surface area contributed by atoms with Crippen LogP contribution in [0.2, 0.25) is 0 Å². The quantitative estimate of drug-likeness (QED) is 0.329. The number of amides is 2. The van der Waals surface area contributed by atoms with E-state index in [0.29, 0.717) is 24.4 Å². The molecule has 1 aliphatic heterocycles. The average Bonchev–Trinajstić information content (AvgIpc) is 3.48. The van der Waals surface area contributed by atoms with Crippen LogP contribution in [-0.2, 0) is 9.59 Å². The molecule has 1 saturated heterocycles. The normalized spacial score (nSPS) is 15.1. The van der Waals surface area contributed by atoms with E-state index in [0.717, 1.165) is 49.5 Å². The molecule has 0 unspecified atom stereocenters. The van der Waals surface area contributed by atoms with Crippen LogP contribution >= 0.6 is 11.3 Å². The number of anilines is 2. The van der Waals surface area contributed by atoms with E-state index in [1.807, 2.05) is 79.5 Å². The highest BCUT2D eigenvalue weighted by Gasteiger charge is 2.29. The number of para-hydroxylation sites is 3. The predicted molar refractivity (Wildman–Crippen MR) is 155 cm³/mol. The number of likely N-dealkylation sites (tertiary alicyclic amines) is 1. The summed E-state index contributed by atoms with van der Waals surface area (Å²) in [4.78, 5) is 31.1. The van der Waals surface area contributed by atoms with Crippen LogP contribution in [0.4, 0.5) is 11.4 Å². The highest BCUT2D eigenvalue weighted by molar-refractivity contribution is 7.10. The van der Waals surface area contributed by atoms with Gasteiger partial charge in [0.1, 0.15) is 11.9 Å². The molecule has 4 rings (SSSR count). The number of piperidine rings is 1. The fourth-order valence-corrected chi connectivity index (χ4v) is 5.67. The third-order valence-electron chi connectivity index (χ3n) is 6.84. The molecule has 2 heterocycles. The first-order valence-electron chi connectivity index (χ1n) is 13.4. The molecule has 0 bridgehead atoms. The number of thiophene rings is 1. The number of nitrogens with one attached hydrogen (secondary N) is 2. The van der Waals surface area contributed by atoms with Crippen LogP contribution in [0.5, 0.6) is 5.75 Å². The average molecular weight is 535 g/mol. The molecular weight excluding hydrogens is 496 g/mol. The Bertz CT molecular complexity index is 1150. The van der Waals surface area contributed by atoms with E-state index in [2.05, 4.69) is 27.0 Å². The van der Waals surface area contributed by atoms with Gasteiger partial charge in [0, 0.05) is 42.5 Å². The van der Waals surface area contributed by atoms with Crippen molar-refractivity contribution in [2.45, 2.75) is 44.8 Å². The summed E-state index contributed by atoms with van der Waals surface area (Å²) in [5.74, 6) is 0.747. The monoisotopic (exact) mass is 534 g/mol. The molecule has 2 aromatic carbocycles. The first kappa shape index (κ1) is 27.8.